The molecule has 1 aliphatic heterocycles. The van der Waals surface area contributed by atoms with Crippen LogP contribution in [0.3, 0.4) is 0 Å². The summed E-state index contributed by atoms with van der Waals surface area (Å²) in [6, 6.07) is 4.84. The van der Waals surface area contributed by atoms with Crippen LogP contribution in [-0.2, 0) is 12.8 Å². The molecule has 0 spiro atoms. The van der Waals surface area contributed by atoms with E-state index < -0.39 is 0 Å². The number of fused-ring (bicyclic) bond motifs is 1. The van der Waals surface area contributed by atoms with Gasteiger partial charge in [-0.25, -0.2) is 0 Å². The van der Waals surface area contributed by atoms with E-state index in [1.54, 1.807) is 7.11 Å². The first kappa shape index (κ1) is 11.2. The molecule has 0 aromatic heterocycles. The summed E-state index contributed by atoms with van der Waals surface area (Å²) < 4.78 is 5.43. The van der Waals surface area contributed by atoms with Crippen LogP contribution in [0.15, 0.2) is 17.1 Å². The minimum Gasteiger partial charge on any atom is -0.496 e. The summed E-state index contributed by atoms with van der Waals surface area (Å²) in [6.45, 7) is 4.34. The summed E-state index contributed by atoms with van der Waals surface area (Å²) in [5, 5.41) is 0. The fourth-order valence-corrected chi connectivity index (χ4v) is 2.19. The number of aryl methyl sites for hydroxylation is 1. The number of hydrogen-bond donors (Lipinski definition) is 0. The van der Waals surface area contributed by atoms with Crippen molar-refractivity contribution in [2.45, 2.75) is 39.2 Å². The maximum Gasteiger partial charge on any atom is 0.122 e. The van der Waals surface area contributed by atoms with Crippen LogP contribution in [0.1, 0.15) is 37.0 Å². The summed E-state index contributed by atoms with van der Waals surface area (Å²) in [7, 11) is 1.75. The molecule has 0 bridgehead atoms. The zero-order chi connectivity index (χ0) is 11.5. The molecule has 0 saturated carbocycles. The summed E-state index contributed by atoms with van der Waals surface area (Å²) in [5.74, 6) is 1.02. The van der Waals surface area contributed by atoms with E-state index in [4.69, 9.17) is 4.74 Å². The SMILES string of the molecule is CCc1cc2c(cc1OC)C[C@H](CC)N=C2. The van der Waals surface area contributed by atoms with Crippen molar-refractivity contribution in [2.75, 3.05) is 7.11 Å². The number of rotatable bonds is 3. The van der Waals surface area contributed by atoms with Crippen molar-refractivity contribution in [1.82, 2.24) is 0 Å². The molecule has 1 aliphatic rings. The van der Waals surface area contributed by atoms with E-state index >= 15 is 0 Å². The molecule has 2 nitrogen and oxygen atoms in total. The predicted molar refractivity (Wildman–Crippen MR) is 67.7 cm³/mol. The molecule has 2 rings (SSSR count). The van der Waals surface area contributed by atoms with Crippen molar-refractivity contribution in [2.24, 2.45) is 4.99 Å². The lowest BCUT2D eigenvalue weighted by atomic mass is 9.94. The van der Waals surface area contributed by atoms with Gasteiger partial charge in [0.25, 0.3) is 0 Å². The second-order valence-electron chi connectivity index (χ2n) is 4.26. The topological polar surface area (TPSA) is 21.6 Å². The molecular weight excluding hydrogens is 198 g/mol. The van der Waals surface area contributed by atoms with Crippen LogP contribution in [0.25, 0.3) is 0 Å². The van der Waals surface area contributed by atoms with Crippen LogP contribution < -0.4 is 4.74 Å². The van der Waals surface area contributed by atoms with Gasteiger partial charge in [-0.05, 0) is 48.1 Å². The van der Waals surface area contributed by atoms with Gasteiger partial charge in [0.05, 0.1) is 13.2 Å². The lowest BCUT2D eigenvalue weighted by Gasteiger charge is -2.19. The average molecular weight is 217 g/mol. The fourth-order valence-electron chi connectivity index (χ4n) is 2.19. The summed E-state index contributed by atoms with van der Waals surface area (Å²) >= 11 is 0. The quantitative estimate of drug-likeness (QED) is 0.762. The third-order valence-corrected chi connectivity index (χ3v) is 3.27. The molecule has 0 N–H and O–H groups in total. The highest BCUT2D eigenvalue weighted by molar-refractivity contribution is 5.84. The Balaban J connectivity index is 2.40. The van der Waals surface area contributed by atoms with Gasteiger partial charge in [-0.2, -0.15) is 0 Å². The number of benzene rings is 1. The van der Waals surface area contributed by atoms with Crippen LogP contribution in [0.2, 0.25) is 0 Å². The largest absolute Gasteiger partial charge is 0.496 e. The zero-order valence-electron chi connectivity index (χ0n) is 10.3. The Kier molecular flexibility index (Phi) is 3.28. The van der Waals surface area contributed by atoms with Crippen LogP contribution in [0.4, 0.5) is 0 Å². The molecule has 0 unspecified atom stereocenters. The van der Waals surface area contributed by atoms with Crippen molar-refractivity contribution in [3.05, 3.63) is 28.8 Å². The predicted octanol–water partition coefficient (Wildman–Crippen LogP) is 3.01. The van der Waals surface area contributed by atoms with Crippen LogP contribution in [0.5, 0.6) is 5.75 Å². The fraction of sp³-hybridized carbons (Fsp3) is 0.500. The van der Waals surface area contributed by atoms with E-state index in [9.17, 15) is 0 Å². The van der Waals surface area contributed by atoms with E-state index in [-0.39, 0.29) is 0 Å². The second-order valence-corrected chi connectivity index (χ2v) is 4.26. The van der Waals surface area contributed by atoms with Crippen molar-refractivity contribution >= 4 is 6.21 Å². The Hall–Kier alpha value is -1.31. The number of methoxy groups -OCH3 is 1. The molecule has 0 fully saturated rings. The maximum absolute atomic E-state index is 5.43. The normalized spacial score (nSPS) is 18.3. The maximum atomic E-state index is 5.43. The summed E-state index contributed by atoms with van der Waals surface area (Å²) in [5.41, 5.74) is 3.90. The molecule has 0 saturated heterocycles. The van der Waals surface area contributed by atoms with Gasteiger partial charge in [0.2, 0.25) is 0 Å². The van der Waals surface area contributed by atoms with Crippen molar-refractivity contribution in [3.8, 4) is 5.75 Å². The lowest BCUT2D eigenvalue weighted by Crippen LogP contribution is -2.14. The van der Waals surface area contributed by atoms with Gasteiger partial charge in [-0.15, -0.1) is 0 Å². The van der Waals surface area contributed by atoms with Crippen molar-refractivity contribution < 1.29 is 4.74 Å². The van der Waals surface area contributed by atoms with E-state index in [1.807, 2.05) is 6.21 Å². The van der Waals surface area contributed by atoms with Crippen LogP contribution in [-0.4, -0.2) is 19.4 Å². The van der Waals surface area contributed by atoms with Crippen LogP contribution in [0, 0.1) is 0 Å². The highest BCUT2D eigenvalue weighted by Crippen LogP contribution is 2.27. The Morgan fingerprint density at radius 3 is 2.81 bits per heavy atom. The Morgan fingerprint density at radius 1 is 1.38 bits per heavy atom. The monoisotopic (exact) mass is 217 g/mol. The molecule has 1 aromatic rings. The standard InChI is InChI=1S/C14H19NO/c1-4-10-6-12-9-15-13(5-2)7-11(12)8-14(10)16-3/h6,8-9,13H,4-5,7H2,1-3H3/t13-/m0/s1. The van der Waals surface area contributed by atoms with Gasteiger partial charge in [0.15, 0.2) is 0 Å². The third kappa shape index (κ3) is 1.97. The smallest absolute Gasteiger partial charge is 0.122 e. The summed E-state index contributed by atoms with van der Waals surface area (Å²) in [6.07, 6.45) is 5.17. The Bertz CT molecular complexity index is 409. The molecular formula is C14H19NO. The van der Waals surface area contributed by atoms with Gasteiger partial charge in [0, 0.05) is 6.21 Å². The van der Waals surface area contributed by atoms with Crippen LogP contribution >= 0.6 is 0 Å². The second kappa shape index (κ2) is 4.69. The van der Waals surface area contributed by atoms with E-state index in [2.05, 4.69) is 31.0 Å². The van der Waals surface area contributed by atoms with Gasteiger partial charge in [-0.1, -0.05) is 13.8 Å². The molecule has 1 aromatic carbocycles. The lowest BCUT2D eigenvalue weighted by molar-refractivity contribution is 0.409. The van der Waals surface area contributed by atoms with Gasteiger partial charge < -0.3 is 4.74 Å². The van der Waals surface area contributed by atoms with E-state index in [1.165, 1.54) is 16.7 Å². The Morgan fingerprint density at radius 2 is 2.19 bits per heavy atom. The minimum atomic E-state index is 0.449. The van der Waals surface area contributed by atoms with Gasteiger partial charge in [0.1, 0.15) is 5.75 Å². The first-order valence-electron chi connectivity index (χ1n) is 6.01. The molecule has 0 amide bonds. The number of ether oxygens (including phenoxy) is 1. The molecule has 0 radical (unpaired) electrons. The molecule has 2 heteroatoms. The zero-order valence-corrected chi connectivity index (χ0v) is 10.3. The molecule has 1 heterocycles. The van der Waals surface area contributed by atoms with E-state index in [0.29, 0.717) is 6.04 Å². The number of aliphatic imine (C=N–C) groups is 1. The highest BCUT2D eigenvalue weighted by Gasteiger charge is 2.15. The summed E-state index contributed by atoms with van der Waals surface area (Å²) in [4.78, 5) is 4.55. The first-order chi connectivity index (χ1) is 7.78. The molecule has 0 aliphatic carbocycles. The third-order valence-electron chi connectivity index (χ3n) is 3.27. The number of hydrogen-bond acceptors (Lipinski definition) is 2. The molecule has 86 valence electrons. The van der Waals surface area contributed by atoms with E-state index in [0.717, 1.165) is 25.0 Å². The highest BCUT2D eigenvalue weighted by atomic mass is 16.5. The molecule has 16 heavy (non-hydrogen) atoms. The first-order valence-corrected chi connectivity index (χ1v) is 6.01. The van der Waals surface area contributed by atoms with Gasteiger partial charge >= 0.3 is 0 Å². The minimum absolute atomic E-state index is 0.449. The molecule has 1 atom stereocenters. The van der Waals surface area contributed by atoms with Crippen molar-refractivity contribution in [3.63, 3.8) is 0 Å². The van der Waals surface area contributed by atoms with Gasteiger partial charge in [-0.3, -0.25) is 4.99 Å². The van der Waals surface area contributed by atoms with Crippen molar-refractivity contribution in [1.29, 1.82) is 0 Å². The Labute approximate surface area is 97.4 Å². The average Bonchev–Trinajstić information content (AvgIpc) is 2.36. The number of nitrogens with zero attached hydrogens (tertiary/aromatic N) is 1.